The molecule has 0 atom stereocenters. The molecule has 4 aromatic rings. The number of aromatic nitrogens is 4. The van der Waals surface area contributed by atoms with Gasteiger partial charge in [0.05, 0.1) is 5.75 Å². The Bertz CT molecular complexity index is 1210. The lowest BCUT2D eigenvalue weighted by molar-refractivity contribution is -0.113. The number of fused-ring (bicyclic) bond motifs is 1. The van der Waals surface area contributed by atoms with Crippen molar-refractivity contribution in [1.29, 1.82) is 0 Å². The molecule has 0 saturated heterocycles. The highest BCUT2D eigenvalue weighted by atomic mass is 32.2. The summed E-state index contributed by atoms with van der Waals surface area (Å²) < 4.78 is 14.8. The van der Waals surface area contributed by atoms with Gasteiger partial charge in [-0.1, -0.05) is 29.5 Å². The van der Waals surface area contributed by atoms with Crippen LogP contribution in [-0.4, -0.2) is 31.5 Å². The van der Waals surface area contributed by atoms with Crippen LogP contribution in [0.25, 0.3) is 17.0 Å². The van der Waals surface area contributed by atoms with Crippen LogP contribution in [0.3, 0.4) is 0 Å². The number of halogens is 1. The number of rotatable bonds is 5. The average molecular weight is 422 g/mol. The van der Waals surface area contributed by atoms with E-state index in [0.29, 0.717) is 22.1 Å². The Morgan fingerprint density at radius 2 is 1.73 bits per heavy atom. The van der Waals surface area contributed by atoms with Gasteiger partial charge in [0.2, 0.25) is 5.91 Å². The Hall–Kier alpha value is -3.26. The highest BCUT2D eigenvalue weighted by molar-refractivity contribution is 7.99. The second kappa shape index (κ2) is 8.23. The van der Waals surface area contributed by atoms with Gasteiger partial charge in [-0.25, -0.2) is 4.39 Å². The second-order valence-corrected chi connectivity index (χ2v) is 8.08. The Morgan fingerprint density at radius 1 is 1.03 bits per heavy atom. The number of aryl methyl sites for hydroxylation is 3. The van der Waals surface area contributed by atoms with Crippen LogP contribution in [0.15, 0.2) is 53.6 Å². The molecule has 0 unspecified atom stereocenters. The van der Waals surface area contributed by atoms with E-state index < -0.39 is 0 Å². The minimum atomic E-state index is -0.318. The zero-order chi connectivity index (χ0) is 21.3. The standard InChI is InChI=1S/C22H20FN5OS/c1-13-10-14(2)21(15(3)11-13)24-19(29)12-30-20-9-8-18-25-26-22(28(18)27-20)16-4-6-17(23)7-5-16/h4-11H,12H2,1-3H3,(H,24,29). The first-order chi connectivity index (χ1) is 14.4. The number of carbonyl (C=O) groups excluding carboxylic acids is 1. The van der Waals surface area contributed by atoms with Crippen LogP contribution in [-0.2, 0) is 4.79 Å². The molecule has 0 bridgehead atoms. The van der Waals surface area contributed by atoms with Gasteiger partial charge < -0.3 is 5.32 Å². The van der Waals surface area contributed by atoms with Crippen molar-refractivity contribution in [3.63, 3.8) is 0 Å². The molecule has 1 N–H and O–H groups in total. The fraction of sp³-hybridized carbons (Fsp3) is 0.182. The summed E-state index contributed by atoms with van der Waals surface area (Å²) in [7, 11) is 0. The van der Waals surface area contributed by atoms with Gasteiger partial charge in [0, 0.05) is 11.3 Å². The number of hydrogen-bond acceptors (Lipinski definition) is 5. The number of nitrogens with zero attached hydrogens (tertiary/aromatic N) is 4. The third-order valence-corrected chi connectivity index (χ3v) is 5.55. The molecule has 2 heterocycles. The van der Waals surface area contributed by atoms with E-state index in [0.717, 1.165) is 16.8 Å². The van der Waals surface area contributed by atoms with Gasteiger partial charge in [-0.3, -0.25) is 4.79 Å². The van der Waals surface area contributed by atoms with Gasteiger partial charge in [0.15, 0.2) is 11.5 Å². The topological polar surface area (TPSA) is 72.2 Å². The first-order valence-electron chi connectivity index (χ1n) is 9.39. The van der Waals surface area contributed by atoms with E-state index in [-0.39, 0.29) is 17.5 Å². The van der Waals surface area contributed by atoms with Crippen molar-refractivity contribution in [2.75, 3.05) is 11.1 Å². The number of thioether (sulfide) groups is 1. The van der Waals surface area contributed by atoms with Crippen LogP contribution in [0.4, 0.5) is 10.1 Å². The third kappa shape index (κ3) is 4.18. The molecule has 0 spiro atoms. The van der Waals surface area contributed by atoms with E-state index in [1.807, 2.05) is 32.9 Å². The van der Waals surface area contributed by atoms with Crippen LogP contribution in [0.2, 0.25) is 0 Å². The minimum absolute atomic E-state index is 0.0977. The van der Waals surface area contributed by atoms with Crippen LogP contribution in [0, 0.1) is 26.6 Å². The van der Waals surface area contributed by atoms with E-state index >= 15 is 0 Å². The van der Waals surface area contributed by atoms with Crippen molar-refractivity contribution in [1.82, 2.24) is 19.8 Å². The Balaban J connectivity index is 1.50. The molecule has 0 saturated carbocycles. The van der Waals surface area contributed by atoms with Crippen molar-refractivity contribution in [3.8, 4) is 11.4 Å². The summed E-state index contributed by atoms with van der Waals surface area (Å²) in [4.78, 5) is 12.5. The maximum atomic E-state index is 13.2. The first-order valence-corrected chi connectivity index (χ1v) is 10.4. The molecule has 8 heteroatoms. The molecule has 2 aromatic heterocycles. The predicted molar refractivity (Wildman–Crippen MR) is 116 cm³/mol. The normalized spacial score (nSPS) is 11.1. The van der Waals surface area contributed by atoms with Crippen LogP contribution < -0.4 is 5.32 Å². The predicted octanol–water partition coefficient (Wildman–Crippen LogP) is 4.59. The number of anilines is 1. The summed E-state index contributed by atoms with van der Waals surface area (Å²) in [6, 6.07) is 13.7. The molecule has 30 heavy (non-hydrogen) atoms. The average Bonchev–Trinajstić information content (AvgIpc) is 3.13. The lowest BCUT2D eigenvalue weighted by Gasteiger charge is -2.12. The van der Waals surface area contributed by atoms with E-state index in [4.69, 9.17) is 0 Å². The quantitative estimate of drug-likeness (QED) is 0.477. The zero-order valence-corrected chi connectivity index (χ0v) is 17.6. The van der Waals surface area contributed by atoms with Crippen molar-refractivity contribution < 1.29 is 9.18 Å². The molecule has 0 fully saturated rings. The van der Waals surface area contributed by atoms with Gasteiger partial charge in [0.1, 0.15) is 10.8 Å². The van der Waals surface area contributed by atoms with Gasteiger partial charge in [-0.05, 0) is 68.3 Å². The molecule has 4 rings (SSSR count). The van der Waals surface area contributed by atoms with Crippen molar-refractivity contribution >= 4 is 29.0 Å². The molecule has 2 aromatic carbocycles. The highest BCUT2D eigenvalue weighted by Gasteiger charge is 2.13. The summed E-state index contributed by atoms with van der Waals surface area (Å²) in [6.07, 6.45) is 0. The van der Waals surface area contributed by atoms with Gasteiger partial charge in [0.25, 0.3) is 0 Å². The van der Waals surface area contributed by atoms with Crippen LogP contribution in [0.1, 0.15) is 16.7 Å². The summed E-state index contributed by atoms with van der Waals surface area (Å²) >= 11 is 1.33. The first kappa shape index (κ1) is 20.0. The lowest BCUT2D eigenvalue weighted by atomic mass is 10.1. The van der Waals surface area contributed by atoms with Gasteiger partial charge >= 0.3 is 0 Å². The van der Waals surface area contributed by atoms with Crippen molar-refractivity contribution in [2.45, 2.75) is 25.8 Å². The highest BCUT2D eigenvalue weighted by Crippen LogP contribution is 2.24. The molecule has 0 radical (unpaired) electrons. The summed E-state index contributed by atoms with van der Waals surface area (Å²) in [5.41, 5.74) is 5.39. The van der Waals surface area contributed by atoms with Crippen molar-refractivity contribution in [3.05, 3.63) is 71.0 Å². The number of nitrogens with one attached hydrogen (secondary N) is 1. The molecular formula is C22H20FN5OS. The summed E-state index contributed by atoms with van der Waals surface area (Å²) in [5, 5.41) is 16.5. The SMILES string of the molecule is Cc1cc(C)c(NC(=O)CSc2ccc3nnc(-c4ccc(F)cc4)n3n2)c(C)c1. The third-order valence-electron chi connectivity index (χ3n) is 4.63. The number of amides is 1. The zero-order valence-electron chi connectivity index (χ0n) is 16.8. The van der Waals surface area contributed by atoms with Crippen LogP contribution in [0.5, 0.6) is 0 Å². The lowest BCUT2D eigenvalue weighted by Crippen LogP contribution is -2.16. The van der Waals surface area contributed by atoms with E-state index in [2.05, 4.69) is 20.6 Å². The number of benzene rings is 2. The molecule has 1 amide bonds. The molecule has 0 aliphatic rings. The number of hydrogen-bond donors (Lipinski definition) is 1. The largest absolute Gasteiger partial charge is 0.325 e. The fourth-order valence-electron chi connectivity index (χ4n) is 3.32. The minimum Gasteiger partial charge on any atom is -0.325 e. The van der Waals surface area contributed by atoms with Crippen molar-refractivity contribution in [2.24, 2.45) is 0 Å². The molecule has 0 aliphatic heterocycles. The molecule has 6 nitrogen and oxygen atoms in total. The van der Waals surface area contributed by atoms with E-state index in [9.17, 15) is 9.18 Å². The smallest absolute Gasteiger partial charge is 0.234 e. The molecular weight excluding hydrogens is 401 g/mol. The van der Waals surface area contributed by atoms with E-state index in [1.54, 1.807) is 28.8 Å². The van der Waals surface area contributed by atoms with Crippen LogP contribution >= 0.6 is 11.8 Å². The Kier molecular flexibility index (Phi) is 5.50. The van der Waals surface area contributed by atoms with Gasteiger partial charge in [-0.2, -0.15) is 9.61 Å². The molecule has 0 aliphatic carbocycles. The number of carbonyl (C=O) groups is 1. The second-order valence-electron chi connectivity index (χ2n) is 7.08. The maximum absolute atomic E-state index is 13.2. The Morgan fingerprint density at radius 3 is 2.43 bits per heavy atom. The van der Waals surface area contributed by atoms with Gasteiger partial charge in [-0.15, -0.1) is 10.2 Å². The maximum Gasteiger partial charge on any atom is 0.234 e. The van der Waals surface area contributed by atoms with E-state index in [1.165, 1.54) is 29.5 Å². The summed E-state index contributed by atoms with van der Waals surface area (Å²) in [5.74, 6) is 0.323. The Labute approximate surface area is 177 Å². The summed E-state index contributed by atoms with van der Waals surface area (Å²) in [6.45, 7) is 6.01. The monoisotopic (exact) mass is 421 g/mol. The fourth-order valence-corrected chi connectivity index (χ4v) is 3.97. The molecule has 152 valence electrons.